The van der Waals surface area contributed by atoms with Crippen LogP contribution in [0.2, 0.25) is 0 Å². The lowest BCUT2D eigenvalue weighted by Crippen LogP contribution is -2.32. The largest absolute Gasteiger partial charge is 0.486 e. The SMILES string of the molecule is CCN(CC)C(=O)CC(c1ccc2c(c1)OCCO2)C(C)C. The standard InChI is InChI=1S/C18H27NO3/c1-5-19(6-2)18(20)12-15(13(3)4)14-7-8-16-17(11-14)22-10-9-21-16/h7-8,11,13,15H,5-6,9-10,12H2,1-4H3. The Balaban J connectivity index is 2.19. The number of carbonyl (C=O) groups excluding carboxylic acids is 1. The molecule has 4 nitrogen and oxygen atoms in total. The van der Waals surface area contributed by atoms with Gasteiger partial charge >= 0.3 is 0 Å². The third-order valence-corrected chi connectivity index (χ3v) is 4.31. The van der Waals surface area contributed by atoms with Gasteiger partial charge in [-0.15, -0.1) is 0 Å². The van der Waals surface area contributed by atoms with Crippen LogP contribution in [0.15, 0.2) is 18.2 Å². The zero-order valence-corrected chi connectivity index (χ0v) is 14.1. The molecule has 1 aliphatic rings. The third-order valence-electron chi connectivity index (χ3n) is 4.31. The van der Waals surface area contributed by atoms with Gasteiger partial charge in [-0.05, 0) is 43.4 Å². The fourth-order valence-electron chi connectivity index (χ4n) is 2.92. The molecule has 1 heterocycles. The van der Waals surface area contributed by atoms with Crippen LogP contribution in [-0.2, 0) is 4.79 Å². The van der Waals surface area contributed by atoms with Crippen molar-refractivity contribution in [2.45, 2.75) is 40.0 Å². The third kappa shape index (κ3) is 3.73. The highest BCUT2D eigenvalue weighted by atomic mass is 16.6. The zero-order chi connectivity index (χ0) is 16.1. The van der Waals surface area contributed by atoms with Crippen LogP contribution < -0.4 is 9.47 Å². The molecule has 0 saturated heterocycles. The molecule has 1 unspecified atom stereocenters. The fraction of sp³-hybridized carbons (Fsp3) is 0.611. The predicted molar refractivity (Wildman–Crippen MR) is 87.6 cm³/mol. The average molecular weight is 305 g/mol. The number of ether oxygens (including phenoxy) is 2. The molecular weight excluding hydrogens is 278 g/mol. The normalized spacial score (nSPS) is 14.8. The maximum atomic E-state index is 12.5. The van der Waals surface area contributed by atoms with E-state index in [1.807, 2.05) is 30.9 Å². The summed E-state index contributed by atoms with van der Waals surface area (Å²) in [4.78, 5) is 14.3. The number of rotatable bonds is 6. The number of hydrogen-bond donors (Lipinski definition) is 0. The van der Waals surface area contributed by atoms with E-state index in [0.717, 1.165) is 30.2 Å². The van der Waals surface area contributed by atoms with Crippen molar-refractivity contribution in [1.29, 1.82) is 0 Å². The zero-order valence-electron chi connectivity index (χ0n) is 14.1. The molecule has 0 aliphatic carbocycles. The van der Waals surface area contributed by atoms with Crippen molar-refractivity contribution in [2.75, 3.05) is 26.3 Å². The van der Waals surface area contributed by atoms with Crippen molar-refractivity contribution in [3.63, 3.8) is 0 Å². The smallest absolute Gasteiger partial charge is 0.223 e. The van der Waals surface area contributed by atoms with Gasteiger partial charge in [-0.3, -0.25) is 4.79 Å². The number of benzene rings is 1. The molecule has 22 heavy (non-hydrogen) atoms. The molecule has 4 heteroatoms. The van der Waals surface area contributed by atoms with Gasteiger partial charge in [0.15, 0.2) is 11.5 Å². The molecule has 0 N–H and O–H groups in total. The molecule has 0 bridgehead atoms. The van der Waals surface area contributed by atoms with E-state index in [1.165, 1.54) is 0 Å². The number of fused-ring (bicyclic) bond motifs is 1. The summed E-state index contributed by atoms with van der Waals surface area (Å²) >= 11 is 0. The highest BCUT2D eigenvalue weighted by Gasteiger charge is 2.24. The molecule has 0 saturated carbocycles. The van der Waals surface area contributed by atoms with Crippen molar-refractivity contribution in [3.8, 4) is 11.5 Å². The minimum absolute atomic E-state index is 0.198. The Labute approximate surface area is 133 Å². The summed E-state index contributed by atoms with van der Waals surface area (Å²) in [5.74, 6) is 2.40. The summed E-state index contributed by atoms with van der Waals surface area (Å²) in [5.41, 5.74) is 1.15. The van der Waals surface area contributed by atoms with Crippen LogP contribution in [0.25, 0.3) is 0 Å². The molecule has 1 atom stereocenters. The Morgan fingerprint density at radius 1 is 1.14 bits per heavy atom. The molecule has 1 aromatic rings. The van der Waals surface area contributed by atoms with Gasteiger partial charge in [0, 0.05) is 19.5 Å². The van der Waals surface area contributed by atoms with E-state index >= 15 is 0 Å². The number of amides is 1. The van der Waals surface area contributed by atoms with E-state index in [-0.39, 0.29) is 11.8 Å². The van der Waals surface area contributed by atoms with Crippen LogP contribution in [0.1, 0.15) is 45.6 Å². The molecule has 1 amide bonds. The van der Waals surface area contributed by atoms with Gasteiger partial charge in [-0.1, -0.05) is 19.9 Å². The second-order valence-electron chi connectivity index (χ2n) is 6.02. The van der Waals surface area contributed by atoms with E-state index in [2.05, 4.69) is 19.9 Å². The van der Waals surface area contributed by atoms with Crippen molar-refractivity contribution >= 4 is 5.91 Å². The topological polar surface area (TPSA) is 38.8 Å². The van der Waals surface area contributed by atoms with Gasteiger partial charge < -0.3 is 14.4 Å². The Kier molecular flexibility index (Phi) is 5.69. The minimum atomic E-state index is 0.198. The molecule has 0 radical (unpaired) electrons. The van der Waals surface area contributed by atoms with E-state index in [9.17, 15) is 4.79 Å². The number of nitrogens with zero attached hydrogens (tertiary/aromatic N) is 1. The maximum Gasteiger partial charge on any atom is 0.223 e. The first-order chi connectivity index (χ1) is 10.6. The maximum absolute atomic E-state index is 12.5. The Bertz CT molecular complexity index is 509. The Hall–Kier alpha value is -1.71. The van der Waals surface area contributed by atoms with Gasteiger partial charge in [-0.25, -0.2) is 0 Å². The lowest BCUT2D eigenvalue weighted by atomic mass is 9.85. The molecule has 0 fully saturated rings. The van der Waals surface area contributed by atoms with Crippen LogP contribution in [0, 0.1) is 5.92 Å². The van der Waals surface area contributed by atoms with E-state index in [0.29, 0.717) is 25.6 Å². The van der Waals surface area contributed by atoms with Gasteiger partial charge in [0.2, 0.25) is 5.91 Å². The fourth-order valence-corrected chi connectivity index (χ4v) is 2.92. The molecule has 1 aliphatic heterocycles. The van der Waals surface area contributed by atoms with Gasteiger partial charge in [-0.2, -0.15) is 0 Å². The second kappa shape index (κ2) is 7.52. The van der Waals surface area contributed by atoms with Crippen molar-refractivity contribution in [2.24, 2.45) is 5.92 Å². The summed E-state index contributed by atoms with van der Waals surface area (Å²) in [6, 6.07) is 6.06. The molecule has 2 rings (SSSR count). The summed E-state index contributed by atoms with van der Waals surface area (Å²) in [6.07, 6.45) is 0.541. The molecule has 0 aromatic heterocycles. The van der Waals surface area contributed by atoms with E-state index < -0.39 is 0 Å². The first-order valence-electron chi connectivity index (χ1n) is 8.24. The summed E-state index contributed by atoms with van der Waals surface area (Å²) in [6.45, 7) is 11.1. The molecule has 1 aromatic carbocycles. The summed E-state index contributed by atoms with van der Waals surface area (Å²) in [5, 5.41) is 0. The number of carbonyl (C=O) groups is 1. The van der Waals surface area contributed by atoms with Crippen molar-refractivity contribution in [3.05, 3.63) is 23.8 Å². The molecular formula is C18H27NO3. The van der Waals surface area contributed by atoms with E-state index in [1.54, 1.807) is 0 Å². The quantitative estimate of drug-likeness (QED) is 0.808. The number of hydrogen-bond acceptors (Lipinski definition) is 3. The monoisotopic (exact) mass is 305 g/mol. The van der Waals surface area contributed by atoms with E-state index in [4.69, 9.17) is 9.47 Å². The minimum Gasteiger partial charge on any atom is -0.486 e. The predicted octanol–water partition coefficient (Wildman–Crippen LogP) is 3.46. The lowest BCUT2D eigenvalue weighted by molar-refractivity contribution is -0.131. The van der Waals surface area contributed by atoms with Gasteiger partial charge in [0.25, 0.3) is 0 Å². The Morgan fingerprint density at radius 2 is 1.77 bits per heavy atom. The molecule has 122 valence electrons. The highest BCUT2D eigenvalue weighted by molar-refractivity contribution is 5.77. The first-order valence-corrected chi connectivity index (χ1v) is 8.24. The molecule has 0 spiro atoms. The van der Waals surface area contributed by atoms with Gasteiger partial charge in [0.1, 0.15) is 13.2 Å². The van der Waals surface area contributed by atoms with Crippen LogP contribution in [0.5, 0.6) is 11.5 Å². The van der Waals surface area contributed by atoms with Crippen LogP contribution in [0.3, 0.4) is 0 Å². The highest BCUT2D eigenvalue weighted by Crippen LogP contribution is 2.36. The average Bonchev–Trinajstić information content (AvgIpc) is 2.53. The van der Waals surface area contributed by atoms with Crippen molar-refractivity contribution < 1.29 is 14.3 Å². The van der Waals surface area contributed by atoms with Gasteiger partial charge in [0.05, 0.1) is 0 Å². The Morgan fingerprint density at radius 3 is 2.36 bits per heavy atom. The van der Waals surface area contributed by atoms with Crippen LogP contribution in [-0.4, -0.2) is 37.1 Å². The van der Waals surface area contributed by atoms with Crippen molar-refractivity contribution in [1.82, 2.24) is 4.90 Å². The summed E-state index contributed by atoms with van der Waals surface area (Å²) in [7, 11) is 0. The van der Waals surface area contributed by atoms with Crippen LogP contribution in [0.4, 0.5) is 0 Å². The second-order valence-corrected chi connectivity index (χ2v) is 6.02. The first kappa shape index (κ1) is 16.7. The lowest BCUT2D eigenvalue weighted by Gasteiger charge is -2.27. The van der Waals surface area contributed by atoms with Crippen LogP contribution >= 0.6 is 0 Å². The summed E-state index contributed by atoms with van der Waals surface area (Å²) < 4.78 is 11.2.